The fraction of sp³-hybridized carbons (Fsp3) is 0.500. The van der Waals surface area contributed by atoms with Crippen LogP contribution in [0.4, 0.5) is 5.82 Å². The lowest BCUT2D eigenvalue weighted by atomic mass is 10.1. The third-order valence-corrected chi connectivity index (χ3v) is 3.55. The molecule has 1 fully saturated rings. The molecule has 2 heterocycles. The highest BCUT2D eigenvalue weighted by atomic mass is 16.5. The van der Waals surface area contributed by atoms with E-state index in [0.717, 1.165) is 18.8 Å². The number of anilines is 1. The van der Waals surface area contributed by atoms with Gasteiger partial charge in [0, 0.05) is 19.5 Å². The van der Waals surface area contributed by atoms with Crippen LogP contribution in [-0.2, 0) is 9.53 Å². The first kappa shape index (κ1) is 14.3. The maximum Gasteiger partial charge on any atom is 0.339 e. The van der Waals surface area contributed by atoms with Gasteiger partial charge in [0.15, 0.2) is 0 Å². The number of rotatable bonds is 4. The molecule has 0 bridgehead atoms. The van der Waals surface area contributed by atoms with Crippen LogP contribution >= 0.6 is 0 Å². The van der Waals surface area contributed by atoms with Gasteiger partial charge in [-0.1, -0.05) is 0 Å². The van der Waals surface area contributed by atoms with Crippen molar-refractivity contribution in [3.8, 4) is 0 Å². The van der Waals surface area contributed by atoms with Gasteiger partial charge < -0.3 is 14.7 Å². The van der Waals surface area contributed by atoms with Gasteiger partial charge in [0.25, 0.3) is 0 Å². The molecule has 0 amide bonds. The maximum atomic E-state index is 11.5. The molecule has 108 valence electrons. The van der Waals surface area contributed by atoms with Crippen LogP contribution in [0.2, 0.25) is 0 Å². The smallest absolute Gasteiger partial charge is 0.339 e. The number of carbonyl (C=O) groups excluding carboxylic acids is 1. The van der Waals surface area contributed by atoms with Crippen molar-refractivity contribution in [3.63, 3.8) is 0 Å². The number of aromatic nitrogens is 1. The van der Waals surface area contributed by atoms with Gasteiger partial charge >= 0.3 is 11.9 Å². The Bertz CT molecular complexity index is 530. The summed E-state index contributed by atoms with van der Waals surface area (Å²) in [4.78, 5) is 28.7. The Morgan fingerprint density at radius 3 is 2.85 bits per heavy atom. The fourth-order valence-corrected chi connectivity index (χ4v) is 2.50. The Morgan fingerprint density at radius 1 is 1.50 bits per heavy atom. The molecular formula is C14H18N2O4. The van der Waals surface area contributed by atoms with Crippen LogP contribution in [0, 0.1) is 12.8 Å². The summed E-state index contributed by atoms with van der Waals surface area (Å²) >= 11 is 0. The van der Waals surface area contributed by atoms with E-state index in [1.165, 1.54) is 7.11 Å². The molecule has 1 aliphatic rings. The van der Waals surface area contributed by atoms with Gasteiger partial charge in [-0.15, -0.1) is 0 Å². The van der Waals surface area contributed by atoms with Crippen LogP contribution in [0.15, 0.2) is 12.1 Å². The van der Waals surface area contributed by atoms with Gasteiger partial charge in [-0.05, 0) is 31.4 Å². The van der Waals surface area contributed by atoms with Crippen LogP contribution in [-0.4, -0.2) is 42.2 Å². The third kappa shape index (κ3) is 3.07. The van der Waals surface area contributed by atoms with Gasteiger partial charge in [-0.25, -0.2) is 9.78 Å². The van der Waals surface area contributed by atoms with E-state index >= 15 is 0 Å². The number of carboxylic acids is 1. The van der Waals surface area contributed by atoms with Crippen LogP contribution < -0.4 is 4.90 Å². The van der Waals surface area contributed by atoms with Crippen molar-refractivity contribution in [1.82, 2.24) is 4.98 Å². The molecule has 1 saturated heterocycles. The van der Waals surface area contributed by atoms with Crippen molar-refractivity contribution in [2.75, 3.05) is 25.1 Å². The Labute approximate surface area is 117 Å². The van der Waals surface area contributed by atoms with E-state index in [-0.39, 0.29) is 12.3 Å². The van der Waals surface area contributed by atoms with Crippen molar-refractivity contribution in [2.24, 2.45) is 5.92 Å². The molecule has 0 saturated carbocycles. The lowest BCUT2D eigenvalue weighted by molar-refractivity contribution is -0.137. The molecule has 1 aromatic rings. The molecule has 20 heavy (non-hydrogen) atoms. The van der Waals surface area contributed by atoms with Crippen molar-refractivity contribution in [1.29, 1.82) is 0 Å². The number of carbonyl (C=O) groups is 2. The fourth-order valence-electron chi connectivity index (χ4n) is 2.50. The number of methoxy groups -OCH3 is 1. The summed E-state index contributed by atoms with van der Waals surface area (Å²) in [5, 5.41) is 8.81. The Hall–Kier alpha value is -2.11. The second-order valence-electron chi connectivity index (χ2n) is 4.99. The van der Waals surface area contributed by atoms with Gasteiger partial charge in [0.2, 0.25) is 0 Å². The van der Waals surface area contributed by atoms with Crippen molar-refractivity contribution >= 4 is 17.8 Å². The SMILES string of the molecule is COC(=O)c1ccc(N2CCC(CC(=O)O)C2)nc1C. The van der Waals surface area contributed by atoms with Gasteiger partial charge in [0.1, 0.15) is 5.82 Å². The molecule has 0 radical (unpaired) electrons. The average Bonchev–Trinajstić information content (AvgIpc) is 2.85. The molecule has 1 atom stereocenters. The summed E-state index contributed by atoms with van der Waals surface area (Å²) < 4.78 is 4.69. The number of pyridine rings is 1. The number of ether oxygens (including phenoxy) is 1. The Morgan fingerprint density at radius 2 is 2.25 bits per heavy atom. The Kier molecular flexibility index (Phi) is 4.22. The normalized spacial score (nSPS) is 18.1. The van der Waals surface area contributed by atoms with Crippen LogP contribution in [0.1, 0.15) is 28.9 Å². The first-order valence-corrected chi connectivity index (χ1v) is 6.54. The van der Waals surface area contributed by atoms with Crippen molar-refractivity contribution in [2.45, 2.75) is 19.8 Å². The van der Waals surface area contributed by atoms with Gasteiger partial charge in [-0.2, -0.15) is 0 Å². The second-order valence-corrected chi connectivity index (χ2v) is 4.99. The number of aryl methyl sites for hydroxylation is 1. The molecule has 2 rings (SSSR count). The van der Waals surface area contributed by atoms with E-state index in [9.17, 15) is 9.59 Å². The number of carboxylic acid groups (broad SMARTS) is 1. The highest BCUT2D eigenvalue weighted by Crippen LogP contribution is 2.25. The minimum atomic E-state index is -0.762. The summed E-state index contributed by atoms with van der Waals surface area (Å²) in [6.45, 7) is 3.25. The largest absolute Gasteiger partial charge is 0.481 e. The standard InChI is InChI=1S/C14H18N2O4/c1-9-11(14(19)20-2)3-4-12(15-9)16-6-5-10(8-16)7-13(17)18/h3-4,10H,5-8H2,1-2H3,(H,17,18). The highest BCUT2D eigenvalue weighted by molar-refractivity contribution is 5.90. The minimum absolute atomic E-state index is 0.162. The number of hydrogen-bond donors (Lipinski definition) is 1. The first-order valence-electron chi connectivity index (χ1n) is 6.54. The molecule has 1 aromatic heterocycles. The number of aliphatic carboxylic acids is 1. The van der Waals surface area contributed by atoms with E-state index in [1.54, 1.807) is 19.1 Å². The number of nitrogens with zero attached hydrogens (tertiary/aromatic N) is 2. The molecule has 0 spiro atoms. The summed E-state index contributed by atoms with van der Waals surface area (Å²) in [6, 6.07) is 3.48. The van der Waals surface area contributed by atoms with E-state index in [4.69, 9.17) is 5.11 Å². The highest BCUT2D eigenvalue weighted by Gasteiger charge is 2.25. The molecular weight excluding hydrogens is 260 g/mol. The zero-order chi connectivity index (χ0) is 14.7. The summed E-state index contributed by atoms with van der Waals surface area (Å²) in [6.07, 6.45) is 1.04. The average molecular weight is 278 g/mol. The number of hydrogen-bond acceptors (Lipinski definition) is 5. The zero-order valence-corrected chi connectivity index (χ0v) is 11.6. The first-order chi connectivity index (χ1) is 9.51. The molecule has 1 unspecified atom stereocenters. The van der Waals surface area contributed by atoms with Crippen molar-refractivity contribution < 1.29 is 19.4 Å². The van der Waals surface area contributed by atoms with Crippen LogP contribution in [0.3, 0.4) is 0 Å². The molecule has 6 nitrogen and oxygen atoms in total. The molecule has 0 aliphatic carbocycles. The lowest BCUT2D eigenvalue weighted by Gasteiger charge is -2.18. The monoisotopic (exact) mass is 278 g/mol. The topological polar surface area (TPSA) is 79.7 Å². The zero-order valence-electron chi connectivity index (χ0n) is 11.6. The predicted octanol–water partition coefficient (Wildman–Crippen LogP) is 1.48. The second kappa shape index (κ2) is 5.90. The van der Waals surface area contributed by atoms with E-state index in [1.807, 2.05) is 0 Å². The Balaban J connectivity index is 2.09. The third-order valence-electron chi connectivity index (χ3n) is 3.55. The lowest BCUT2D eigenvalue weighted by Crippen LogP contribution is -2.22. The summed E-state index contributed by atoms with van der Waals surface area (Å²) in [5.74, 6) is -0.216. The number of esters is 1. The van der Waals surface area contributed by atoms with Crippen molar-refractivity contribution in [3.05, 3.63) is 23.4 Å². The van der Waals surface area contributed by atoms with E-state index < -0.39 is 11.9 Å². The minimum Gasteiger partial charge on any atom is -0.481 e. The molecule has 6 heteroatoms. The molecule has 0 aromatic carbocycles. The molecule has 1 aliphatic heterocycles. The van der Waals surface area contributed by atoms with E-state index in [2.05, 4.69) is 14.6 Å². The quantitative estimate of drug-likeness (QED) is 0.840. The van der Waals surface area contributed by atoms with Gasteiger partial charge in [0.05, 0.1) is 18.4 Å². The summed E-state index contributed by atoms with van der Waals surface area (Å²) in [5.41, 5.74) is 1.08. The van der Waals surface area contributed by atoms with Crippen LogP contribution in [0.5, 0.6) is 0 Å². The molecule has 1 N–H and O–H groups in total. The maximum absolute atomic E-state index is 11.5. The predicted molar refractivity (Wildman–Crippen MR) is 72.9 cm³/mol. The summed E-state index contributed by atoms with van der Waals surface area (Å²) in [7, 11) is 1.34. The van der Waals surface area contributed by atoms with Gasteiger partial charge in [-0.3, -0.25) is 4.79 Å². The van der Waals surface area contributed by atoms with E-state index in [0.29, 0.717) is 17.8 Å². The van der Waals surface area contributed by atoms with Crippen LogP contribution in [0.25, 0.3) is 0 Å².